The van der Waals surface area contributed by atoms with Crippen LogP contribution in [0, 0.1) is 20.8 Å². The third kappa shape index (κ3) is 4.16. The van der Waals surface area contributed by atoms with E-state index in [0.29, 0.717) is 18.3 Å². The number of likely N-dealkylation sites (tertiary alicyclic amines) is 1. The van der Waals surface area contributed by atoms with Gasteiger partial charge in [0.25, 0.3) is 0 Å². The minimum atomic E-state index is -0.0816. The van der Waals surface area contributed by atoms with Crippen molar-refractivity contribution in [3.8, 4) is 11.4 Å². The Balaban J connectivity index is 1.46. The van der Waals surface area contributed by atoms with Gasteiger partial charge in [-0.2, -0.15) is 4.98 Å². The fourth-order valence-electron chi connectivity index (χ4n) is 3.75. The first-order valence-corrected chi connectivity index (χ1v) is 10.0. The van der Waals surface area contributed by atoms with Crippen LogP contribution in [0.5, 0.6) is 0 Å². The van der Waals surface area contributed by atoms with E-state index >= 15 is 0 Å². The first kappa shape index (κ1) is 19.2. The standard InChI is InChI=1S/C23H26N4O2/c1-15-7-4-9-18(13-15)21-25-22(29-26-21)19-10-6-12-27(14-19)23(28)24-20-11-5-8-16(2)17(20)3/h4-5,7-9,11,13,19H,6,10,12,14H2,1-3H3,(H,24,28)/t19-/m0/s1. The van der Waals surface area contributed by atoms with Crippen LogP contribution in [0.4, 0.5) is 10.5 Å². The Morgan fingerprint density at radius 2 is 2.00 bits per heavy atom. The Morgan fingerprint density at radius 3 is 2.83 bits per heavy atom. The molecule has 0 spiro atoms. The fourth-order valence-corrected chi connectivity index (χ4v) is 3.75. The summed E-state index contributed by atoms with van der Waals surface area (Å²) in [7, 11) is 0. The number of aromatic nitrogens is 2. The predicted molar refractivity (Wildman–Crippen MR) is 113 cm³/mol. The number of nitrogens with zero attached hydrogens (tertiary/aromatic N) is 3. The number of urea groups is 1. The second-order valence-electron chi connectivity index (χ2n) is 7.79. The molecule has 1 saturated heterocycles. The lowest BCUT2D eigenvalue weighted by Gasteiger charge is -2.31. The largest absolute Gasteiger partial charge is 0.339 e. The van der Waals surface area contributed by atoms with Gasteiger partial charge < -0.3 is 14.7 Å². The highest BCUT2D eigenvalue weighted by Gasteiger charge is 2.29. The molecular formula is C23H26N4O2. The summed E-state index contributed by atoms with van der Waals surface area (Å²) in [5.74, 6) is 1.26. The first-order chi connectivity index (χ1) is 14.0. The molecule has 1 aliphatic heterocycles. The number of amides is 2. The normalized spacial score (nSPS) is 16.7. The van der Waals surface area contributed by atoms with Crippen molar-refractivity contribution in [2.24, 2.45) is 0 Å². The van der Waals surface area contributed by atoms with E-state index in [1.54, 1.807) is 0 Å². The van der Waals surface area contributed by atoms with Crippen LogP contribution in [-0.2, 0) is 0 Å². The molecule has 2 heterocycles. The third-order valence-corrected chi connectivity index (χ3v) is 5.62. The first-order valence-electron chi connectivity index (χ1n) is 10.0. The molecule has 4 rings (SSSR count). The SMILES string of the molecule is Cc1cccc(-c2noc([C@H]3CCCN(C(=O)Nc4cccc(C)c4C)C3)n2)c1. The maximum Gasteiger partial charge on any atom is 0.321 e. The van der Waals surface area contributed by atoms with Gasteiger partial charge >= 0.3 is 6.03 Å². The average Bonchev–Trinajstić information content (AvgIpc) is 3.22. The van der Waals surface area contributed by atoms with Crippen molar-refractivity contribution in [1.29, 1.82) is 0 Å². The van der Waals surface area contributed by atoms with Gasteiger partial charge in [0.05, 0.1) is 5.92 Å². The zero-order chi connectivity index (χ0) is 20.4. The number of aryl methyl sites for hydroxylation is 2. The number of hydrogen-bond donors (Lipinski definition) is 1. The summed E-state index contributed by atoms with van der Waals surface area (Å²) >= 11 is 0. The smallest absolute Gasteiger partial charge is 0.321 e. The lowest BCUT2D eigenvalue weighted by Crippen LogP contribution is -2.41. The Kier molecular flexibility index (Phi) is 5.34. The van der Waals surface area contributed by atoms with Crippen LogP contribution in [0.1, 0.15) is 41.3 Å². The van der Waals surface area contributed by atoms with Crippen LogP contribution < -0.4 is 5.32 Å². The van der Waals surface area contributed by atoms with Crippen LogP contribution in [0.15, 0.2) is 47.0 Å². The van der Waals surface area contributed by atoms with E-state index in [4.69, 9.17) is 4.52 Å². The molecule has 29 heavy (non-hydrogen) atoms. The molecule has 3 aromatic rings. The molecule has 0 aliphatic carbocycles. The Morgan fingerprint density at radius 1 is 1.17 bits per heavy atom. The van der Waals surface area contributed by atoms with Gasteiger partial charge in [0.15, 0.2) is 0 Å². The van der Waals surface area contributed by atoms with Gasteiger partial charge in [0.1, 0.15) is 0 Å². The maximum absolute atomic E-state index is 12.8. The van der Waals surface area contributed by atoms with Gasteiger partial charge in [0, 0.05) is 24.3 Å². The summed E-state index contributed by atoms with van der Waals surface area (Å²) in [6.07, 6.45) is 1.84. The second kappa shape index (κ2) is 8.07. The van der Waals surface area contributed by atoms with Crippen molar-refractivity contribution in [3.63, 3.8) is 0 Å². The van der Waals surface area contributed by atoms with Crippen molar-refractivity contribution >= 4 is 11.7 Å². The average molecular weight is 390 g/mol. The van der Waals surface area contributed by atoms with Crippen LogP contribution in [0.3, 0.4) is 0 Å². The summed E-state index contributed by atoms with van der Waals surface area (Å²) in [6.45, 7) is 7.41. The molecule has 1 aliphatic rings. The Hall–Kier alpha value is -3.15. The molecule has 1 N–H and O–H groups in total. The van der Waals surface area contributed by atoms with E-state index in [2.05, 4.69) is 15.5 Å². The molecule has 6 heteroatoms. The van der Waals surface area contributed by atoms with Gasteiger partial charge in [-0.1, -0.05) is 41.1 Å². The Bertz CT molecular complexity index is 1030. The number of nitrogens with one attached hydrogen (secondary N) is 1. The Labute approximate surface area is 170 Å². The number of carbonyl (C=O) groups excluding carboxylic acids is 1. The van der Waals surface area contributed by atoms with Crippen molar-refractivity contribution in [2.45, 2.75) is 39.5 Å². The zero-order valence-electron chi connectivity index (χ0n) is 17.1. The molecule has 0 bridgehead atoms. The molecule has 1 fully saturated rings. The van der Waals surface area contributed by atoms with Crippen molar-refractivity contribution in [2.75, 3.05) is 18.4 Å². The van der Waals surface area contributed by atoms with E-state index in [0.717, 1.165) is 47.3 Å². The van der Waals surface area contributed by atoms with E-state index < -0.39 is 0 Å². The van der Waals surface area contributed by atoms with E-state index in [1.165, 1.54) is 0 Å². The molecule has 150 valence electrons. The maximum atomic E-state index is 12.8. The summed E-state index contributed by atoms with van der Waals surface area (Å²) in [5, 5.41) is 7.21. The summed E-state index contributed by atoms with van der Waals surface area (Å²) in [6, 6.07) is 13.9. The van der Waals surface area contributed by atoms with Crippen LogP contribution in [-0.4, -0.2) is 34.2 Å². The molecule has 2 aromatic carbocycles. The predicted octanol–water partition coefficient (Wildman–Crippen LogP) is 5.07. The highest BCUT2D eigenvalue weighted by atomic mass is 16.5. The molecule has 0 saturated carbocycles. The fraction of sp³-hybridized carbons (Fsp3) is 0.348. The van der Waals surface area contributed by atoms with Gasteiger partial charge in [-0.3, -0.25) is 0 Å². The number of benzene rings is 2. The molecule has 0 radical (unpaired) electrons. The van der Waals surface area contributed by atoms with Gasteiger partial charge in [-0.05, 0) is 56.9 Å². The number of rotatable bonds is 3. The number of anilines is 1. The molecule has 0 unspecified atom stereocenters. The highest BCUT2D eigenvalue weighted by Crippen LogP contribution is 2.28. The monoisotopic (exact) mass is 390 g/mol. The molecule has 1 atom stereocenters. The summed E-state index contributed by atoms with van der Waals surface area (Å²) in [4.78, 5) is 19.3. The minimum absolute atomic E-state index is 0.0548. The van der Waals surface area contributed by atoms with Crippen LogP contribution in [0.2, 0.25) is 0 Å². The van der Waals surface area contributed by atoms with Gasteiger partial charge in [0.2, 0.25) is 11.7 Å². The lowest BCUT2D eigenvalue weighted by molar-refractivity contribution is 0.184. The van der Waals surface area contributed by atoms with Gasteiger partial charge in [-0.25, -0.2) is 4.79 Å². The van der Waals surface area contributed by atoms with E-state index in [1.807, 2.05) is 68.1 Å². The van der Waals surface area contributed by atoms with Crippen LogP contribution in [0.25, 0.3) is 11.4 Å². The summed E-state index contributed by atoms with van der Waals surface area (Å²) in [5.41, 5.74) is 5.21. The van der Waals surface area contributed by atoms with E-state index in [-0.39, 0.29) is 11.9 Å². The second-order valence-corrected chi connectivity index (χ2v) is 7.79. The number of piperidine rings is 1. The van der Waals surface area contributed by atoms with Gasteiger partial charge in [-0.15, -0.1) is 0 Å². The lowest BCUT2D eigenvalue weighted by atomic mass is 9.98. The minimum Gasteiger partial charge on any atom is -0.339 e. The topological polar surface area (TPSA) is 71.3 Å². The van der Waals surface area contributed by atoms with Crippen molar-refractivity contribution < 1.29 is 9.32 Å². The third-order valence-electron chi connectivity index (χ3n) is 5.62. The van der Waals surface area contributed by atoms with Crippen molar-refractivity contribution in [1.82, 2.24) is 15.0 Å². The molecule has 2 amide bonds. The number of hydrogen-bond acceptors (Lipinski definition) is 4. The number of carbonyl (C=O) groups is 1. The molecular weight excluding hydrogens is 364 g/mol. The summed E-state index contributed by atoms with van der Waals surface area (Å²) < 4.78 is 5.56. The van der Waals surface area contributed by atoms with Crippen molar-refractivity contribution in [3.05, 3.63) is 65.0 Å². The highest BCUT2D eigenvalue weighted by molar-refractivity contribution is 5.90. The zero-order valence-corrected chi connectivity index (χ0v) is 17.1. The molecule has 6 nitrogen and oxygen atoms in total. The van der Waals surface area contributed by atoms with Crippen LogP contribution >= 0.6 is 0 Å². The molecule has 1 aromatic heterocycles. The quantitative estimate of drug-likeness (QED) is 0.677. The van der Waals surface area contributed by atoms with E-state index in [9.17, 15) is 4.79 Å².